The molecule has 0 bridgehead atoms. The van der Waals surface area contributed by atoms with Crippen molar-refractivity contribution < 1.29 is 4.39 Å². The van der Waals surface area contributed by atoms with Crippen LogP contribution < -0.4 is 16.4 Å². The second-order valence-electron chi connectivity index (χ2n) is 3.49. The molecule has 1 rings (SSSR count). The maximum atomic E-state index is 13.6. The maximum Gasteiger partial charge on any atom is 0.148 e. The molecule has 1 aromatic rings. The van der Waals surface area contributed by atoms with Crippen molar-refractivity contribution in [1.82, 2.24) is 0 Å². The summed E-state index contributed by atoms with van der Waals surface area (Å²) in [5.74, 6) is -0.281. The summed E-state index contributed by atoms with van der Waals surface area (Å²) in [5, 5.41) is 0. The molecule has 1 aromatic carbocycles. The number of nitrogens with two attached hydrogens (primary N) is 2. The second-order valence-corrected chi connectivity index (χ2v) is 3.49. The summed E-state index contributed by atoms with van der Waals surface area (Å²) in [5.41, 5.74) is 12.0. The monoisotopic (exact) mass is 211 g/mol. The topological polar surface area (TPSA) is 55.3 Å². The molecule has 0 saturated carbocycles. The average Bonchev–Trinajstić information content (AvgIpc) is 2.17. The summed E-state index contributed by atoms with van der Waals surface area (Å²) in [6.45, 7) is 4.04. The van der Waals surface area contributed by atoms with E-state index in [1.165, 1.54) is 6.07 Å². The lowest BCUT2D eigenvalue weighted by Gasteiger charge is -2.24. The number of nitrogen functional groups attached to an aromatic ring is 1. The fourth-order valence-corrected chi connectivity index (χ4v) is 1.56. The number of anilines is 2. The quantitative estimate of drug-likeness (QED) is 0.727. The SMILES string of the molecule is CCCN(CCN)c1ccc(N)cc1F. The van der Waals surface area contributed by atoms with Crippen LogP contribution in [0.15, 0.2) is 18.2 Å². The van der Waals surface area contributed by atoms with Crippen molar-refractivity contribution in [2.45, 2.75) is 13.3 Å². The Labute approximate surface area is 89.9 Å². The fourth-order valence-electron chi connectivity index (χ4n) is 1.56. The van der Waals surface area contributed by atoms with Crippen LogP contribution in [-0.2, 0) is 0 Å². The van der Waals surface area contributed by atoms with Gasteiger partial charge >= 0.3 is 0 Å². The van der Waals surface area contributed by atoms with Crippen molar-refractivity contribution in [1.29, 1.82) is 0 Å². The third kappa shape index (κ3) is 3.09. The highest BCUT2D eigenvalue weighted by atomic mass is 19.1. The number of hydrogen-bond acceptors (Lipinski definition) is 3. The highest BCUT2D eigenvalue weighted by Gasteiger charge is 2.09. The largest absolute Gasteiger partial charge is 0.399 e. The summed E-state index contributed by atoms with van der Waals surface area (Å²) >= 11 is 0. The predicted octanol–water partition coefficient (Wildman–Crippen LogP) is 1.58. The summed E-state index contributed by atoms with van der Waals surface area (Å²) in [4.78, 5) is 1.94. The molecule has 0 aromatic heterocycles. The zero-order valence-corrected chi connectivity index (χ0v) is 9.04. The van der Waals surface area contributed by atoms with Gasteiger partial charge in [-0.25, -0.2) is 4.39 Å². The first-order chi connectivity index (χ1) is 7.19. The summed E-state index contributed by atoms with van der Waals surface area (Å²) in [7, 11) is 0. The first-order valence-corrected chi connectivity index (χ1v) is 5.19. The Hall–Kier alpha value is -1.29. The van der Waals surface area contributed by atoms with Gasteiger partial charge in [0.1, 0.15) is 5.82 Å². The molecule has 84 valence electrons. The van der Waals surface area contributed by atoms with E-state index in [0.29, 0.717) is 24.5 Å². The van der Waals surface area contributed by atoms with E-state index in [0.717, 1.165) is 13.0 Å². The molecule has 0 radical (unpaired) electrons. The van der Waals surface area contributed by atoms with Crippen LogP contribution in [0.1, 0.15) is 13.3 Å². The third-order valence-electron chi connectivity index (χ3n) is 2.20. The van der Waals surface area contributed by atoms with Gasteiger partial charge in [-0.1, -0.05) is 6.92 Å². The number of nitrogens with zero attached hydrogens (tertiary/aromatic N) is 1. The van der Waals surface area contributed by atoms with Gasteiger partial charge < -0.3 is 16.4 Å². The zero-order valence-electron chi connectivity index (χ0n) is 9.04. The first-order valence-electron chi connectivity index (χ1n) is 5.19. The van der Waals surface area contributed by atoms with Gasteiger partial charge in [0.05, 0.1) is 5.69 Å². The van der Waals surface area contributed by atoms with Crippen molar-refractivity contribution in [2.24, 2.45) is 5.73 Å². The van der Waals surface area contributed by atoms with E-state index in [2.05, 4.69) is 6.92 Å². The number of rotatable bonds is 5. The minimum Gasteiger partial charge on any atom is -0.399 e. The van der Waals surface area contributed by atoms with E-state index >= 15 is 0 Å². The normalized spacial score (nSPS) is 10.3. The molecular formula is C11H18FN3. The van der Waals surface area contributed by atoms with Gasteiger partial charge in [0.2, 0.25) is 0 Å². The molecule has 0 atom stereocenters. The summed E-state index contributed by atoms with van der Waals surface area (Å²) in [6, 6.07) is 4.75. The number of hydrogen-bond donors (Lipinski definition) is 2. The van der Waals surface area contributed by atoms with Crippen LogP contribution in [0.25, 0.3) is 0 Å². The van der Waals surface area contributed by atoms with E-state index in [4.69, 9.17) is 11.5 Å². The van der Waals surface area contributed by atoms with Crippen LogP contribution in [0, 0.1) is 5.82 Å². The van der Waals surface area contributed by atoms with E-state index < -0.39 is 0 Å². The van der Waals surface area contributed by atoms with Crippen molar-refractivity contribution in [2.75, 3.05) is 30.3 Å². The van der Waals surface area contributed by atoms with Gasteiger partial charge in [0.25, 0.3) is 0 Å². The molecule has 0 spiro atoms. The van der Waals surface area contributed by atoms with E-state index in [1.54, 1.807) is 12.1 Å². The Bertz CT molecular complexity index is 309. The summed E-state index contributed by atoms with van der Waals surface area (Å²) < 4.78 is 13.6. The second kappa shape index (κ2) is 5.56. The van der Waals surface area contributed by atoms with Crippen LogP contribution in [0.5, 0.6) is 0 Å². The van der Waals surface area contributed by atoms with Gasteiger partial charge in [-0.05, 0) is 24.6 Å². The van der Waals surface area contributed by atoms with Crippen LogP contribution in [0.3, 0.4) is 0 Å². The maximum absolute atomic E-state index is 13.6. The van der Waals surface area contributed by atoms with Gasteiger partial charge in [-0.2, -0.15) is 0 Å². The predicted molar refractivity (Wildman–Crippen MR) is 62.4 cm³/mol. The van der Waals surface area contributed by atoms with Gasteiger partial charge in [0.15, 0.2) is 0 Å². The van der Waals surface area contributed by atoms with E-state index in [-0.39, 0.29) is 5.82 Å². The molecule has 0 heterocycles. The molecule has 0 fully saturated rings. The standard InChI is InChI=1S/C11H18FN3/c1-2-6-15(7-5-13)11-4-3-9(14)8-10(11)12/h3-4,8H,2,5-7,13-14H2,1H3. The van der Waals surface area contributed by atoms with Crippen LogP contribution in [0.2, 0.25) is 0 Å². The lowest BCUT2D eigenvalue weighted by atomic mass is 10.2. The smallest absolute Gasteiger partial charge is 0.148 e. The van der Waals surface area contributed by atoms with Gasteiger partial charge in [0, 0.05) is 25.3 Å². The van der Waals surface area contributed by atoms with E-state index in [9.17, 15) is 4.39 Å². The van der Waals surface area contributed by atoms with Crippen LogP contribution >= 0.6 is 0 Å². The minimum absolute atomic E-state index is 0.281. The Kier molecular flexibility index (Phi) is 4.37. The van der Waals surface area contributed by atoms with Gasteiger partial charge in [-0.3, -0.25) is 0 Å². The molecule has 0 aliphatic rings. The molecule has 15 heavy (non-hydrogen) atoms. The molecule has 3 nitrogen and oxygen atoms in total. The third-order valence-corrected chi connectivity index (χ3v) is 2.20. The lowest BCUT2D eigenvalue weighted by Crippen LogP contribution is -2.30. The van der Waals surface area contributed by atoms with Gasteiger partial charge in [-0.15, -0.1) is 0 Å². The molecule has 0 aliphatic carbocycles. The molecule has 4 heteroatoms. The molecule has 4 N–H and O–H groups in total. The van der Waals surface area contributed by atoms with Crippen LogP contribution in [-0.4, -0.2) is 19.6 Å². The van der Waals surface area contributed by atoms with E-state index in [1.807, 2.05) is 4.90 Å². The molecule has 0 amide bonds. The zero-order chi connectivity index (χ0) is 11.3. The fraction of sp³-hybridized carbons (Fsp3) is 0.455. The molecule has 0 unspecified atom stereocenters. The Morgan fingerprint density at radius 1 is 1.33 bits per heavy atom. The van der Waals surface area contributed by atoms with Crippen molar-refractivity contribution in [3.05, 3.63) is 24.0 Å². The number of benzene rings is 1. The first kappa shape index (κ1) is 11.8. The molecular weight excluding hydrogens is 193 g/mol. The van der Waals surface area contributed by atoms with Crippen molar-refractivity contribution in [3.63, 3.8) is 0 Å². The highest BCUT2D eigenvalue weighted by Crippen LogP contribution is 2.21. The summed E-state index contributed by atoms with van der Waals surface area (Å²) in [6.07, 6.45) is 0.962. The molecule has 0 saturated heterocycles. The Balaban J connectivity index is 2.89. The minimum atomic E-state index is -0.281. The highest BCUT2D eigenvalue weighted by molar-refractivity contribution is 5.54. The van der Waals surface area contributed by atoms with Crippen molar-refractivity contribution in [3.8, 4) is 0 Å². The number of halogens is 1. The Morgan fingerprint density at radius 3 is 2.60 bits per heavy atom. The van der Waals surface area contributed by atoms with Crippen LogP contribution in [0.4, 0.5) is 15.8 Å². The lowest BCUT2D eigenvalue weighted by molar-refractivity contribution is 0.615. The molecule has 0 aliphatic heterocycles. The van der Waals surface area contributed by atoms with Crippen molar-refractivity contribution >= 4 is 11.4 Å². The Morgan fingerprint density at radius 2 is 2.07 bits per heavy atom. The average molecular weight is 211 g/mol.